The molecular weight excluding hydrogens is 655 g/mol. The minimum absolute atomic E-state index is 0.0561. The molecule has 0 radical (unpaired) electrons. The van der Waals surface area contributed by atoms with Crippen LogP contribution in [0.3, 0.4) is 0 Å². The number of urea groups is 1. The topological polar surface area (TPSA) is 157 Å². The number of carbonyl (C=O) groups excluding carboxylic acids is 2. The third kappa shape index (κ3) is 6.89. The first-order chi connectivity index (χ1) is 24.0. The third-order valence-electron chi connectivity index (χ3n) is 9.50. The average Bonchev–Trinajstić information content (AvgIpc) is 3.79. The number of pyridine rings is 1. The molecule has 3 aliphatic rings. The molecule has 1 saturated carbocycles. The van der Waals surface area contributed by atoms with E-state index >= 15 is 0 Å². The molecule has 262 valence electrons. The summed E-state index contributed by atoms with van der Waals surface area (Å²) in [6.45, 7) is 13.3. The summed E-state index contributed by atoms with van der Waals surface area (Å²) in [6.07, 6.45) is 5.18. The lowest BCUT2D eigenvalue weighted by Crippen LogP contribution is -2.58. The minimum atomic E-state index is -0.545. The molecule has 1 aliphatic carbocycles. The van der Waals surface area contributed by atoms with Gasteiger partial charge in [0.25, 0.3) is 0 Å². The van der Waals surface area contributed by atoms with E-state index < -0.39 is 5.60 Å². The number of fused-ring (bicyclic) bond motifs is 3. The van der Waals surface area contributed by atoms with Crippen LogP contribution in [0.15, 0.2) is 36.7 Å². The first-order valence-electron chi connectivity index (χ1n) is 17.2. The molecule has 4 aromatic heterocycles. The molecule has 3 atom stereocenters. The van der Waals surface area contributed by atoms with E-state index in [0.717, 1.165) is 64.2 Å². The monoisotopic (exact) mass is 697 g/mol. The maximum atomic E-state index is 13.3. The Morgan fingerprint density at radius 3 is 2.42 bits per heavy atom. The largest absolute Gasteiger partial charge is 0.444 e. The van der Waals surface area contributed by atoms with E-state index in [1.54, 1.807) is 33.0 Å². The summed E-state index contributed by atoms with van der Waals surface area (Å²) in [7, 11) is 0. The lowest BCUT2D eigenvalue weighted by Gasteiger charge is -2.40. The first-order valence-corrected chi connectivity index (χ1v) is 18.0. The predicted octanol–water partition coefficient (Wildman–Crippen LogP) is 5.08. The van der Waals surface area contributed by atoms with Crippen molar-refractivity contribution < 1.29 is 14.3 Å². The van der Waals surface area contributed by atoms with Crippen LogP contribution >= 0.6 is 11.3 Å². The second kappa shape index (κ2) is 13.4. The summed E-state index contributed by atoms with van der Waals surface area (Å²) >= 11 is 1.56. The number of hydrogen-bond acceptors (Lipinski definition) is 11. The lowest BCUT2D eigenvalue weighted by molar-refractivity contribution is 0.0168. The molecule has 0 spiro atoms. The van der Waals surface area contributed by atoms with Crippen molar-refractivity contribution in [2.45, 2.75) is 65.1 Å². The van der Waals surface area contributed by atoms with Crippen molar-refractivity contribution >= 4 is 39.8 Å². The predicted molar refractivity (Wildman–Crippen MR) is 191 cm³/mol. The first kappa shape index (κ1) is 33.5. The van der Waals surface area contributed by atoms with E-state index in [1.807, 2.05) is 50.1 Å². The third-order valence-corrected chi connectivity index (χ3v) is 10.5. The summed E-state index contributed by atoms with van der Waals surface area (Å²) in [5.74, 6) is 0.642. The molecule has 2 bridgehead atoms. The molecule has 2 saturated heterocycles. The number of carbonyl (C=O) groups is 2. The maximum Gasteiger partial charge on any atom is 0.410 e. The van der Waals surface area contributed by atoms with E-state index in [-0.39, 0.29) is 24.2 Å². The molecule has 50 heavy (non-hydrogen) atoms. The highest BCUT2D eigenvalue weighted by Crippen LogP contribution is 2.41. The number of aromatic nitrogens is 5. The zero-order chi connectivity index (χ0) is 35.2. The Hall–Kier alpha value is -4.97. The van der Waals surface area contributed by atoms with Gasteiger partial charge in [-0.05, 0) is 83.6 Å². The number of nitrogens with one attached hydrogen (secondary N) is 2. The van der Waals surface area contributed by atoms with Gasteiger partial charge in [-0.25, -0.2) is 14.1 Å². The summed E-state index contributed by atoms with van der Waals surface area (Å²) in [5, 5.41) is 31.5. The van der Waals surface area contributed by atoms with Crippen LogP contribution < -0.4 is 15.5 Å². The molecule has 0 unspecified atom stereocenters. The van der Waals surface area contributed by atoms with Gasteiger partial charge >= 0.3 is 12.1 Å². The van der Waals surface area contributed by atoms with Crippen LogP contribution in [0, 0.1) is 23.2 Å². The van der Waals surface area contributed by atoms with Gasteiger partial charge in [-0.2, -0.15) is 10.4 Å². The lowest BCUT2D eigenvalue weighted by atomic mass is 9.92. The molecule has 3 amide bonds. The molecule has 7 rings (SSSR count). The van der Waals surface area contributed by atoms with Crippen molar-refractivity contribution in [1.82, 2.24) is 39.9 Å². The molecule has 0 aromatic carbocycles. The normalized spacial score (nSPS) is 20.7. The van der Waals surface area contributed by atoms with Gasteiger partial charge in [0.05, 0.1) is 34.2 Å². The Bertz CT molecular complexity index is 1920. The van der Waals surface area contributed by atoms with E-state index in [1.165, 1.54) is 0 Å². The van der Waals surface area contributed by atoms with Gasteiger partial charge in [-0.3, -0.25) is 4.98 Å². The SMILES string of the molecule is CC(C)Nc1cc(-c2ccc3cc(C#N)cnn23)ncc1-c1nnc(N2C[C@H]3CC[C@@H](C2)[C@@H]3NC(=O)N2CCN(C(=O)OC(C)(C)C)CC2)s1. The number of rotatable bonds is 6. The Morgan fingerprint density at radius 2 is 1.74 bits per heavy atom. The fraction of sp³-hybridized carbons (Fsp3) is 0.514. The van der Waals surface area contributed by atoms with Crippen molar-refractivity contribution in [3.63, 3.8) is 0 Å². The molecule has 3 fully saturated rings. The van der Waals surface area contributed by atoms with Crippen LogP contribution in [0.5, 0.6) is 0 Å². The van der Waals surface area contributed by atoms with E-state index in [2.05, 4.69) is 50.7 Å². The Balaban J connectivity index is 1.01. The summed E-state index contributed by atoms with van der Waals surface area (Å²) in [4.78, 5) is 36.4. The van der Waals surface area contributed by atoms with Gasteiger partial charge in [0, 0.05) is 63.2 Å². The molecule has 6 heterocycles. The van der Waals surface area contributed by atoms with Crippen LogP contribution in [-0.4, -0.2) is 104 Å². The van der Waals surface area contributed by atoms with Crippen LogP contribution in [0.2, 0.25) is 0 Å². The number of nitriles is 1. The van der Waals surface area contributed by atoms with Gasteiger partial charge in [0.1, 0.15) is 11.7 Å². The van der Waals surface area contributed by atoms with Crippen molar-refractivity contribution in [1.29, 1.82) is 5.26 Å². The van der Waals surface area contributed by atoms with Crippen molar-refractivity contribution in [2.75, 3.05) is 49.5 Å². The van der Waals surface area contributed by atoms with E-state index in [0.29, 0.717) is 43.6 Å². The van der Waals surface area contributed by atoms with Gasteiger partial charge in [-0.15, -0.1) is 10.2 Å². The van der Waals surface area contributed by atoms with Crippen LogP contribution in [0.1, 0.15) is 53.0 Å². The van der Waals surface area contributed by atoms with Gasteiger partial charge in [-0.1, -0.05) is 11.3 Å². The fourth-order valence-corrected chi connectivity index (χ4v) is 8.06. The number of piperidine rings is 1. The molecule has 2 N–H and O–H groups in total. The van der Waals surface area contributed by atoms with Crippen molar-refractivity contribution in [3.8, 4) is 28.0 Å². The van der Waals surface area contributed by atoms with Gasteiger partial charge in [0.15, 0.2) is 5.01 Å². The zero-order valence-electron chi connectivity index (χ0n) is 29.1. The summed E-state index contributed by atoms with van der Waals surface area (Å²) in [5.41, 5.74) is 4.16. The fourth-order valence-electron chi connectivity index (χ4n) is 7.17. The number of piperazine rings is 1. The molecule has 15 heteroatoms. The Labute approximate surface area is 295 Å². The second-order valence-corrected chi connectivity index (χ2v) is 15.6. The molecule has 14 nitrogen and oxygen atoms in total. The molecular formula is C35H43N11O3S. The van der Waals surface area contributed by atoms with Crippen molar-refractivity contribution in [2.24, 2.45) is 11.8 Å². The average molecular weight is 698 g/mol. The highest BCUT2D eigenvalue weighted by atomic mass is 32.1. The van der Waals surface area contributed by atoms with E-state index in [4.69, 9.17) is 9.72 Å². The Kier molecular flexibility index (Phi) is 8.98. The molecule has 4 aromatic rings. The van der Waals surface area contributed by atoms with Crippen LogP contribution in [-0.2, 0) is 4.74 Å². The number of ether oxygens (including phenoxy) is 1. The summed E-state index contributed by atoms with van der Waals surface area (Å²) in [6, 6.07) is 10.1. The highest BCUT2D eigenvalue weighted by molar-refractivity contribution is 7.18. The number of hydrogen-bond donors (Lipinski definition) is 2. The van der Waals surface area contributed by atoms with Crippen LogP contribution in [0.4, 0.5) is 20.4 Å². The zero-order valence-corrected chi connectivity index (χ0v) is 29.9. The number of nitrogens with zero attached hydrogens (tertiary/aromatic N) is 9. The van der Waals surface area contributed by atoms with Crippen LogP contribution in [0.25, 0.3) is 27.5 Å². The minimum Gasteiger partial charge on any atom is -0.444 e. The molecule has 2 aliphatic heterocycles. The maximum absolute atomic E-state index is 13.3. The summed E-state index contributed by atoms with van der Waals surface area (Å²) < 4.78 is 7.29. The van der Waals surface area contributed by atoms with Crippen molar-refractivity contribution in [3.05, 3.63) is 42.2 Å². The van der Waals surface area contributed by atoms with E-state index in [9.17, 15) is 14.9 Å². The van der Waals surface area contributed by atoms with Gasteiger partial charge in [0.2, 0.25) is 5.13 Å². The van der Waals surface area contributed by atoms with Gasteiger partial charge < -0.3 is 30.1 Å². The number of anilines is 2. The smallest absolute Gasteiger partial charge is 0.410 e. The quantitative estimate of drug-likeness (QED) is 0.278. The second-order valence-electron chi connectivity index (χ2n) is 14.6. The Morgan fingerprint density at radius 1 is 1.02 bits per heavy atom. The highest BCUT2D eigenvalue weighted by Gasteiger charge is 2.44. The number of amides is 3. The standard InChI is InChI=1S/C35H43N11O3S/c1-21(2)39-27-15-28(29-9-8-25-14-22(16-36)17-38-46(25)29)37-18-26(27)31-41-42-33(50-31)45-19-23-6-7-24(20-45)30(23)40-32(47)43-10-12-44(13-11-43)34(48)49-35(3,4)5/h8-9,14-15,17-18,21,23-24,30H,6-7,10-13,19-20H2,1-5H3,(H,37,39)(H,40,47)/t23-,24+,30-.